The molecule has 6 heteroatoms. The SMILES string of the molecule is C#CCOc1ccccc1C(=C1C=CC(C)=[N+]1B(F)F)c1ccc(C)n1C. The molecule has 0 radical (unpaired) electrons. The third-order valence-corrected chi connectivity index (χ3v) is 4.67. The number of ether oxygens (including phenoxy) is 1. The summed E-state index contributed by atoms with van der Waals surface area (Å²) in [5.41, 5.74) is 4.16. The molecule has 0 N–H and O–H groups in total. The number of hydrogen-bond acceptors (Lipinski definition) is 1. The van der Waals surface area contributed by atoms with Crippen molar-refractivity contribution in [2.45, 2.75) is 13.8 Å². The topological polar surface area (TPSA) is 17.2 Å². The molecule has 3 nitrogen and oxygen atoms in total. The van der Waals surface area contributed by atoms with E-state index >= 15 is 0 Å². The van der Waals surface area contributed by atoms with Gasteiger partial charge in [-0.1, -0.05) is 24.1 Å². The summed E-state index contributed by atoms with van der Waals surface area (Å²) in [6.45, 7) is 3.74. The lowest BCUT2D eigenvalue weighted by Crippen LogP contribution is -2.24. The lowest BCUT2D eigenvalue weighted by atomic mass is 9.97. The Kier molecular flexibility index (Phi) is 5.32. The van der Waals surface area contributed by atoms with Crippen LogP contribution in [0.5, 0.6) is 5.75 Å². The first-order valence-electron chi connectivity index (χ1n) is 8.57. The highest BCUT2D eigenvalue weighted by molar-refractivity contribution is 6.35. The van der Waals surface area contributed by atoms with Crippen LogP contribution in [0.1, 0.15) is 23.9 Å². The predicted octanol–water partition coefficient (Wildman–Crippen LogP) is 4.07. The summed E-state index contributed by atoms with van der Waals surface area (Å²) in [6.07, 6.45) is 8.75. The minimum absolute atomic E-state index is 0.103. The standard InChI is InChI=1S/C21H20BF2N2O/c1-5-14-27-20-9-7-6-8-17(20)21(18-12-10-15(2)25(18)4)19-13-11-16(3)26(19)22(23)24/h1,6-13H,14H2,2-4H3/q+1. The zero-order chi connectivity index (χ0) is 19.6. The molecule has 1 aliphatic rings. The van der Waals surface area contributed by atoms with Gasteiger partial charge in [0.1, 0.15) is 12.4 Å². The Hall–Kier alpha value is -3.07. The molecule has 0 saturated heterocycles. The summed E-state index contributed by atoms with van der Waals surface area (Å²) < 4.78 is 36.3. The van der Waals surface area contributed by atoms with Gasteiger partial charge in [0.05, 0.1) is 11.3 Å². The van der Waals surface area contributed by atoms with Gasteiger partial charge in [-0.3, -0.25) is 0 Å². The second-order valence-electron chi connectivity index (χ2n) is 6.29. The van der Waals surface area contributed by atoms with Crippen molar-refractivity contribution in [2.75, 3.05) is 6.61 Å². The first kappa shape index (κ1) is 18.7. The number of benzene rings is 1. The highest BCUT2D eigenvalue weighted by Crippen LogP contribution is 2.36. The number of allylic oxidation sites excluding steroid dienone is 2. The molecular formula is C21H20BF2N2O+. The second kappa shape index (κ2) is 7.67. The number of hydrogen-bond donors (Lipinski definition) is 0. The number of para-hydroxylation sites is 1. The van der Waals surface area contributed by atoms with Crippen LogP contribution in [-0.4, -0.2) is 28.8 Å². The lowest BCUT2D eigenvalue weighted by molar-refractivity contribution is -0.341. The Morgan fingerprint density at radius 2 is 1.93 bits per heavy atom. The minimum atomic E-state index is -2.65. The molecule has 136 valence electrons. The van der Waals surface area contributed by atoms with Crippen LogP contribution in [0.3, 0.4) is 0 Å². The molecule has 1 aromatic heterocycles. The molecule has 0 bridgehead atoms. The molecule has 1 aromatic carbocycles. The molecule has 0 spiro atoms. The summed E-state index contributed by atoms with van der Waals surface area (Å²) in [6, 6.07) is 11.2. The Labute approximate surface area is 158 Å². The van der Waals surface area contributed by atoms with Gasteiger partial charge < -0.3 is 9.30 Å². The van der Waals surface area contributed by atoms with E-state index in [1.54, 1.807) is 25.1 Å². The van der Waals surface area contributed by atoms with Crippen LogP contribution in [0, 0.1) is 19.3 Å². The van der Waals surface area contributed by atoms with Crippen molar-refractivity contribution < 1.29 is 17.9 Å². The third-order valence-electron chi connectivity index (χ3n) is 4.67. The minimum Gasteiger partial charge on any atom is -0.480 e. The Balaban J connectivity index is 2.33. The van der Waals surface area contributed by atoms with Crippen molar-refractivity contribution in [3.63, 3.8) is 0 Å². The highest BCUT2D eigenvalue weighted by atomic mass is 19.2. The smallest absolute Gasteiger partial charge is 0.480 e. The number of aromatic nitrogens is 1. The van der Waals surface area contributed by atoms with Gasteiger partial charge in [-0.25, -0.2) is 13.1 Å². The van der Waals surface area contributed by atoms with Crippen LogP contribution in [0.25, 0.3) is 5.57 Å². The number of rotatable bonds is 5. The quantitative estimate of drug-likeness (QED) is 0.577. The molecular weight excluding hydrogens is 345 g/mol. The van der Waals surface area contributed by atoms with E-state index < -0.39 is 7.40 Å². The molecule has 3 rings (SSSR count). The van der Waals surface area contributed by atoms with Crippen molar-refractivity contribution >= 4 is 18.7 Å². The molecule has 1 aliphatic heterocycles. The fraction of sp³-hybridized carbons (Fsp3) is 0.190. The van der Waals surface area contributed by atoms with Crippen molar-refractivity contribution in [1.29, 1.82) is 0 Å². The summed E-state index contributed by atoms with van der Waals surface area (Å²) in [7, 11) is -0.733. The molecule has 0 saturated carbocycles. The third kappa shape index (κ3) is 3.46. The Morgan fingerprint density at radius 3 is 2.56 bits per heavy atom. The zero-order valence-electron chi connectivity index (χ0n) is 15.5. The first-order valence-corrected chi connectivity index (χ1v) is 8.57. The number of terminal acetylenes is 1. The van der Waals surface area contributed by atoms with Gasteiger partial charge in [0.25, 0.3) is 0 Å². The van der Waals surface area contributed by atoms with E-state index in [2.05, 4.69) is 5.92 Å². The number of aryl methyl sites for hydroxylation is 1. The van der Waals surface area contributed by atoms with Crippen molar-refractivity contribution in [1.82, 2.24) is 4.57 Å². The van der Waals surface area contributed by atoms with Crippen molar-refractivity contribution in [3.05, 3.63) is 71.2 Å². The predicted molar refractivity (Wildman–Crippen MR) is 105 cm³/mol. The van der Waals surface area contributed by atoms with Gasteiger partial charge >= 0.3 is 7.40 Å². The fourth-order valence-corrected chi connectivity index (χ4v) is 3.20. The van der Waals surface area contributed by atoms with E-state index in [-0.39, 0.29) is 6.61 Å². The molecule has 0 unspecified atom stereocenters. The number of halogens is 2. The maximum Gasteiger partial charge on any atom is 0.934 e. The summed E-state index contributed by atoms with van der Waals surface area (Å²) in [4.78, 5) is 0. The van der Waals surface area contributed by atoms with Crippen LogP contribution >= 0.6 is 0 Å². The second-order valence-corrected chi connectivity index (χ2v) is 6.29. The summed E-state index contributed by atoms with van der Waals surface area (Å²) >= 11 is 0. The van der Waals surface area contributed by atoms with Gasteiger partial charge in [-0.05, 0) is 25.1 Å². The van der Waals surface area contributed by atoms with Gasteiger partial charge in [0, 0.05) is 37.4 Å². The average Bonchev–Trinajstić information content (AvgIpc) is 3.18. The summed E-state index contributed by atoms with van der Waals surface area (Å²) in [5, 5.41) is 0. The van der Waals surface area contributed by atoms with E-state index in [1.807, 2.05) is 48.9 Å². The maximum absolute atomic E-state index is 13.8. The van der Waals surface area contributed by atoms with Gasteiger partial charge in [0.15, 0.2) is 11.4 Å². The molecule has 0 atom stereocenters. The van der Waals surface area contributed by atoms with E-state index in [0.29, 0.717) is 28.3 Å². The van der Waals surface area contributed by atoms with Gasteiger partial charge in [-0.15, -0.1) is 6.42 Å². The largest absolute Gasteiger partial charge is 0.934 e. The molecule has 0 fully saturated rings. The van der Waals surface area contributed by atoms with E-state index in [0.717, 1.165) is 15.9 Å². The molecule has 2 heterocycles. The average molecular weight is 365 g/mol. The zero-order valence-corrected chi connectivity index (χ0v) is 15.5. The van der Waals surface area contributed by atoms with Crippen molar-refractivity contribution in [2.24, 2.45) is 7.05 Å². The summed E-state index contributed by atoms with van der Waals surface area (Å²) in [5.74, 6) is 3.01. The normalized spacial score (nSPS) is 15.1. The van der Waals surface area contributed by atoms with Gasteiger partial charge in [0.2, 0.25) is 0 Å². The molecule has 27 heavy (non-hydrogen) atoms. The van der Waals surface area contributed by atoms with Crippen molar-refractivity contribution in [3.8, 4) is 18.1 Å². The van der Waals surface area contributed by atoms with Crippen LogP contribution in [-0.2, 0) is 7.05 Å². The van der Waals surface area contributed by atoms with Gasteiger partial charge in [-0.2, -0.15) is 0 Å². The van der Waals surface area contributed by atoms with E-state index in [4.69, 9.17) is 11.2 Å². The van der Waals surface area contributed by atoms with E-state index in [9.17, 15) is 8.63 Å². The lowest BCUT2D eigenvalue weighted by Gasteiger charge is -2.15. The Morgan fingerprint density at radius 1 is 1.19 bits per heavy atom. The monoisotopic (exact) mass is 365 g/mol. The molecule has 2 aromatic rings. The maximum atomic E-state index is 13.8. The van der Waals surface area contributed by atoms with E-state index in [1.165, 1.54) is 0 Å². The molecule has 0 aliphatic carbocycles. The fourth-order valence-electron chi connectivity index (χ4n) is 3.20. The van der Waals surface area contributed by atoms with Crippen LogP contribution in [0.4, 0.5) is 8.63 Å². The first-order chi connectivity index (χ1) is 13.0. The van der Waals surface area contributed by atoms with Crippen LogP contribution in [0.2, 0.25) is 0 Å². The number of nitrogens with zero attached hydrogens (tertiary/aromatic N) is 2. The van der Waals surface area contributed by atoms with Crippen LogP contribution < -0.4 is 4.74 Å². The Bertz CT molecular complexity index is 1010. The van der Waals surface area contributed by atoms with Crippen LogP contribution in [0.15, 0.2) is 54.2 Å². The highest BCUT2D eigenvalue weighted by Gasteiger charge is 2.42. The molecule has 0 amide bonds.